The van der Waals surface area contributed by atoms with Crippen molar-refractivity contribution in [3.05, 3.63) is 40.2 Å². The first-order valence-electron chi connectivity index (χ1n) is 9.45. The number of aromatic nitrogens is 1. The Labute approximate surface area is 159 Å². The van der Waals surface area contributed by atoms with Gasteiger partial charge in [0.15, 0.2) is 5.96 Å². The summed E-state index contributed by atoms with van der Waals surface area (Å²) in [5.74, 6) is 1.84. The van der Waals surface area contributed by atoms with Crippen LogP contribution in [0.4, 0.5) is 0 Å². The topological polar surface area (TPSA) is 65.7 Å². The number of aliphatic imine (C=N–C) groups is 1. The van der Waals surface area contributed by atoms with Crippen molar-refractivity contribution in [1.82, 2.24) is 20.5 Å². The average Bonchev–Trinajstić information content (AvgIpc) is 3.42. The molecular weight excluding hydrogens is 346 g/mol. The van der Waals surface area contributed by atoms with Gasteiger partial charge in [0.25, 0.3) is 0 Å². The smallest absolute Gasteiger partial charge is 0.191 e. The molecule has 1 saturated heterocycles. The van der Waals surface area contributed by atoms with Gasteiger partial charge in [-0.15, -0.1) is 11.3 Å². The van der Waals surface area contributed by atoms with Gasteiger partial charge in [-0.05, 0) is 44.5 Å². The highest BCUT2D eigenvalue weighted by molar-refractivity contribution is 7.09. The number of furan rings is 1. The first kappa shape index (κ1) is 18.9. The summed E-state index contributed by atoms with van der Waals surface area (Å²) >= 11 is 1.74. The van der Waals surface area contributed by atoms with Crippen LogP contribution in [0.3, 0.4) is 0 Å². The van der Waals surface area contributed by atoms with E-state index in [0.717, 1.165) is 56.4 Å². The zero-order chi connectivity index (χ0) is 18.2. The quantitative estimate of drug-likeness (QED) is 0.549. The minimum Gasteiger partial charge on any atom is -0.468 e. The third kappa shape index (κ3) is 5.08. The van der Waals surface area contributed by atoms with E-state index in [4.69, 9.17) is 4.42 Å². The molecule has 0 amide bonds. The molecule has 0 saturated carbocycles. The van der Waals surface area contributed by atoms with E-state index >= 15 is 0 Å². The fraction of sp³-hybridized carbons (Fsp3) is 0.579. The molecule has 1 atom stereocenters. The number of guanidine groups is 1. The Bertz CT molecular complexity index is 676. The SMILES string of the molecule is CCc1nc(CCNC(=NC)NCC(c2ccco2)N2CCCC2)cs1. The summed E-state index contributed by atoms with van der Waals surface area (Å²) in [4.78, 5) is 11.4. The van der Waals surface area contributed by atoms with Crippen LogP contribution in [0.2, 0.25) is 0 Å². The molecule has 0 aromatic carbocycles. The zero-order valence-electron chi connectivity index (χ0n) is 15.7. The molecule has 0 radical (unpaired) electrons. The Kier molecular flexibility index (Phi) is 7.08. The monoisotopic (exact) mass is 375 g/mol. The maximum atomic E-state index is 5.68. The molecule has 3 heterocycles. The predicted molar refractivity (Wildman–Crippen MR) is 107 cm³/mol. The summed E-state index contributed by atoms with van der Waals surface area (Å²) in [5.41, 5.74) is 1.15. The first-order valence-corrected chi connectivity index (χ1v) is 10.3. The highest BCUT2D eigenvalue weighted by Gasteiger charge is 2.25. The Balaban J connectivity index is 1.48. The summed E-state index contributed by atoms with van der Waals surface area (Å²) in [6.45, 7) is 6.00. The van der Waals surface area contributed by atoms with Crippen molar-refractivity contribution < 1.29 is 4.42 Å². The molecule has 26 heavy (non-hydrogen) atoms. The van der Waals surface area contributed by atoms with Crippen LogP contribution in [0.5, 0.6) is 0 Å². The lowest BCUT2D eigenvalue weighted by Crippen LogP contribution is -2.43. The Morgan fingerprint density at radius 2 is 2.23 bits per heavy atom. The van der Waals surface area contributed by atoms with E-state index in [0.29, 0.717) is 0 Å². The molecule has 2 N–H and O–H groups in total. The van der Waals surface area contributed by atoms with Crippen LogP contribution >= 0.6 is 11.3 Å². The second kappa shape index (κ2) is 9.73. The Morgan fingerprint density at radius 3 is 2.88 bits per heavy atom. The summed E-state index contributed by atoms with van der Waals surface area (Å²) < 4.78 is 5.68. The van der Waals surface area contributed by atoms with Crippen LogP contribution in [0.25, 0.3) is 0 Å². The summed E-state index contributed by atoms with van der Waals surface area (Å²) in [6.07, 6.45) is 6.19. The van der Waals surface area contributed by atoms with Gasteiger partial charge in [-0.1, -0.05) is 6.92 Å². The molecule has 2 aromatic heterocycles. The minimum atomic E-state index is 0.247. The summed E-state index contributed by atoms with van der Waals surface area (Å²) in [5, 5.41) is 10.2. The van der Waals surface area contributed by atoms with Crippen LogP contribution in [-0.4, -0.2) is 49.1 Å². The Morgan fingerprint density at radius 1 is 1.38 bits per heavy atom. The second-order valence-electron chi connectivity index (χ2n) is 6.49. The highest BCUT2D eigenvalue weighted by atomic mass is 32.1. The van der Waals surface area contributed by atoms with Crippen molar-refractivity contribution in [2.45, 2.75) is 38.6 Å². The third-order valence-corrected chi connectivity index (χ3v) is 5.76. The zero-order valence-corrected chi connectivity index (χ0v) is 16.5. The highest BCUT2D eigenvalue weighted by Crippen LogP contribution is 2.24. The first-order chi connectivity index (χ1) is 12.8. The number of aryl methyl sites for hydroxylation is 1. The molecular formula is C19H29N5OS. The van der Waals surface area contributed by atoms with Crippen molar-refractivity contribution in [3.63, 3.8) is 0 Å². The van der Waals surface area contributed by atoms with Crippen LogP contribution in [0.15, 0.2) is 33.2 Å². The second-order valence-corrected chi connectivity index (χ2v) is 7.43. The number of hydrogen-bond donors (Lipinski definition) is 2. The van der Waals surface area contributed by atoms with Gasteiger partial charge in [-0.3, -0.25) is 9.89 Å². The number of thiazole rings is 1. The number of hydrogen-bond acceptors (Lipinski definition) is 5. The average molecular weight is 376 g/mol. The lowest BCUT2D eigenvalue weighted by atomic mass is 10.2. The van der Waals surface area contributed by atoms with Crippen LogP contribution in [0.1, 0.15) is 42.3 Å². The molecule has 1 aliphatic heterocycles. The van der Waals surface area contributed by atoms with Gasteiger partial charge in [-0.25, -0.2) is 4.98 Å². The molecule has 6 nitrogen and oxygen atoms in total. The molecule has 2 aromatic rings. The van der Waals surface area contributed by atoms with Crippen LogP contribution in [-0.2, 0) is 12.8 Å². The van der Waals surface area contributed by atoms with Gasteiger partial charge in [0, 0.05) is 31.9 Å². The maximum Gasteiger partial charge on any atom is 0.191 e. The van der Waals surface area contributed by atoms with Crippen molar-refractivity contribution in [2.24, 2.45) is 4.99 Å². The molecule has 0 bridgehead atoms. The minimum absolute atomic E-state index is 0.247. The van der Waals surface area contributed by atoms with Crippen molar-refractivity contribution in [1.29, 1.82) is 0 Å². The lowest BCUT2D eigenvalue weighted by molar-refractivity contribution is 0.215. The van der Waals surface area contributed by atoms with Gasteiger partial charge >= 0.3 is 0 Å². The third-order valence-electron chi connectivity index (χ3n) is 4.71. The largest absolute Gasteiger partial charge is 0.468 e. The van der Waals surface area contributed by atoms with Gasteiger partial charge < -0.3 is 15.1 Å². The fourth-order valence-electron chi connectivity index (χ4n) is 3.29. The standard InChI is InChI=1S/C19H29N5OS/c1-3-18-23-15(14-26-18)8-9-21-19(20-2)22-13-16(17-7-6-12-25-17)24-10-4-5-11-24/h6-7,12,14,16H,3-5,8-11,13H2,1-2H3,(H2,20,21,22). The number of likely N-dealkylation sites (tertiary alicyclic amines) is 1. The lowest BCUT2D eigenvalue weighted by Gasteiger charge is -2.26. The van der Waals surface area contributed by atoms with E-state index in [1.165, 1.54) is 17.8 Å². The molecule has 1 fully saturated rings. The normalized spacial score (nSPS) is 16.8. The summed E-state index contributed by atoms with van der Waals surface area (Å²) in [6, 6.07) is 4.27. The van der Waals surface area contributed by atoms with Crippen LogP contribution < -0.4 is 10.6 Å². The fourth-order valence-corrected chi connectivity index (χ4v) is 4.07. The molecule has 1 aliphatic rings. The number of nitrogens with one attached hydrogen (secondary N) is 2. The van der Waals surface area contributed by atoms with E-state index in [-0.39, 0.29) is 6.04 Å². The molecule has 3 rings (SSSR count). The van der Waals surface area contributed by atoms with E-state index < -0.39 is 0 Å². The molecule has 0 aliphatic carbocycles. The summed E-state index contributed by atoms with van der Waals surface area (Å²) in [7, 11) is 1.81. The molecule has 0 spiro atoms. The van der Waals surface area contributed by atoms with Crippen LogP contribution in [0, 0.1) is 0 Å². The predicted octanol–water partition coefficient (Wildman–Crippen LogP) is 2.84. The molecule has 7 heteroatoms. The van der Waals surface area contributed by atoms with Gasteiger partial charge in [0.2, 0.25) is 0 Å². The van der Waals surface area contributed by atoms with E-state index in [9.17, 15) is 0 Å². The molecule has 1 unspecified atom stereocenters. The number of nitrogens with zero attached hydrogens (tertiary/aromatic N) is 3. The van der Waals surface area contributed by atoms with Crippen molar-refractivity contribution >= 4 is 17.3 Å². The van der Waals surface area contributed by atoms with Gasteiger partial charge in [-0.2, -0.15) is 0 Å². The Hall–Kier alpha value is -1.86. The van der Waals surface area contributed by atoms with Crippen molar-refractivity contribution in [2.75, 3.05) is 33.2 Å². The number of rotatable bonds is 8. The van der Waals surface area contributed by atoms with Gasteiger partial charge in [0.05, 0.1) is 23.0 Å². The van der Waals surface area contributed by atoms with Gasteiger partial charge in [0.1, 0.15) is 5.76 Å². The maximum absolute atomic E-state index is 5.68. The van der Waals surface area contributed by atoms with E-state index in [1.54, 1.807) is 17.6 Å². The van der Waals surface area contributed by atoms with E-state index in [1.807, 2.05) is 13.1 Å². The van der Waals surface area contributed by atoms with E-state index in [2.05, 4.69) is 43.9 Å². The van der Waals surface area contributed by atoms with Crippen molar-refractivity contribution in [3.8, 4) is 0 Å². The molecule has 142 valence electrons.